The van der Waals surface area contributed by atoms with E-state index in [0.29, 0.717) is 0 Å². The third kappa shape index (κ3) is 4.57. The number of carbonyl (C=O) groups is 1. The third-order valence-corrected chi connectivity index (χ3v) is 2.41. The van der Waals surface area contributed by atoms with Gasteiger partial charge in [-0.25, -0.2) is 0 Å². The molecule has 0 aliphatic rings. The fraction of sp³-hybridized carbons (Fsp3) is 0.545. The van der Waals surface area contributed by atoms with E-state index in [9.17, 15) is 14.9 Å². The van der Waals surface area contributed by atoms with E-state index in [1.807, 2.05) is 20.8 Å². The predicted molar refractivity (Wildman–Crippen MR) is 73.2 cm³/mol. The molecule has 0 saturated carbocycles. The first-order valence-corrected chi connectivity index (χ1v) is 6.14. The molecule has 8 nitrogen and oxygen atoms in total. The fourth-order valence-corrected chi connectivity index (χ4v) is 1.89. The number of rotatable bonds is 6. The number of carbonyl (C=O) groups excluding carboxylic acids is 1. The average Bonchev–Trinajstić information content (AvgIpc) is 2.74. The molecular weight excluding hydrogens is 286 g/mol. The second kappa shape index (κ2) is 6.42. The van der Waals surface area contributed by atoms with Crippen molar-refractivity contribution < 1.29 is 19.2 Å². The van der Waals surface area contributed by atoms with Gasteiger partial charge < -0.3 is 9.47 Å². The van der Waals surface area contributed by atoms with Gasteiger partial charge in [-0.3, -0.25) is 20.0 Å². The Kier molecular flexibility index (Phi) is 5.14. The molecule has 1 aromatic heterocycles. The summed E-state index contributed by atoms with van der Waals surface area (Å²) in [5, 5.41) is 17.1. The van der Waals surface area contributed by atoms with Crippen LogP contribution in [0.1, 0.15) is 39.0 Å². The van der Waals surface area contributed by atoms with E-state index in [4.69, 9.17) is 21.7 Å². The third-order valence-electron chi connectivity index (χ3n) is 2.16. The van der Waals surface area contributed by atoms with E-state index in [2.05, 4.69) is 10.2 Å². The zero-order valence-corrected chi connectivity index (χ0v) is 12.1. The molecule has 0 fully saturated rings. The highest BCUT2D eigenvalue weighted by Gasteiger charge is 2.28. The lowest BCUT2D eigenvalue weighted by molar-refractivity contribution is -0.386. The van der Waals surface area contributed by atoms with Crippen molar-refractivity contribution in [3.8, 4) is 0 Å². The van der Waals surface area contributed by atoms with Gasteiger partial charge >= 0.3 is 5.69 Å². The van der Waals surface area contributed by atoms with Crippen molar-refractivity contribution in [2.24, 2.45) is 0 Å². The molecule has 0 aliphatic carbocycles. The van der Waals surface area contributed by atoms with Gasteiger partial charge in [0.1, 0.15) is 11.8 Å². The molecule has 1 unspecified atom stereocenters. The lowest BCUT2D eigenvalue weighted by Crippen LogP contribution is -2.24. The van der Waals surface area contributed by atoms with E-state index < -0.39 is 16.6 Å². The Bertz CT molecular complexity index is 508. The van der Waals surface area contributed by atoms with Crippen molar-refractivity contribution in [2.45, 2.75) is 38.9 Å². The van der Waals surface area contributed by atoms with Gasteiger partial charge in [-0.1, -0.05) is 0 Å². The number of nitrogens with zero attached hydrogens (tertiary/aromatic N) is 2. The Morgan fingerprint density at radius 2 is 2.30 bits per heavy atom. The molecule has 0 radical (unpaired) electrons. The maximum atomic E-state index is 10.8. The highest BCUT2D eigenvalue weighted by Crippen LogP contribution is 2.28. The zero-order valence-electron chi connectivity index (χ0n) is 11.3. The van der Waals surface area contributed by atoms with Crippen molar-refractivity contribution in [1.82, 2.24) is 10.2 Å². The van der Waals surface area contributed by atoms with Gasteiger partial charge in [-0.05, 0) is 33.0 Å². The van der Waals surface area contributed by atoms with Crippen LogP contribution in [0, 0.1) is 10.1 Å². The highest BCUT2D eigenvalue weighted by molar-refractivity contribution is 7.80. The monoisotopic (exact) mass is 301 g/mol. The van der Waals surface area contributed by atoms with Crippen LogP contribution in [-0.4, -0.2) is 32.2 Å². The maximum Gasteiger partial charge on any atom is 0.313 e. The van der Waals surface area contributed by atoms with Crippen molar-refractivity contribution in [3.05, 3.63) is 22.0 Å². The summed E-state index contributed by atoms with van der Waals surface area (Å²) in [7, 11) is 0. The summed E-state index contributed by atoms with van der Waals surface area (Å²) in [5.41, 5.74) is -0.694. The molecule has 0 aromatic carbocycles. The van der Waals surface area contributed by atoms with Crippen LogP contribution in [0.4, 0.5) is 5.69 Å². The van der Waals surface area contributed by atoms with Crippen LogP contribution in [-0.2, 0) is 14.3 Å². The summed E-state index contributed by atoms with van der Waals surface area (Å²) in [6.07, 6.45) is 0.128. The molecular formula is C11H15N3O5S. The summed E-state index contributed by atoms with van der Waals surface area (Å²) in [5.74, 6) is 0. The fourth-order valence-electron chi connectivity index (χ4n) is 1.49. The van der Waals surface area contributed by atoms with Gasteiger partial charge in [-0.2, -0.15) is 5.10 Å². The van der Waals surface area contributed by atoms with Gasteiger partial charge in [-0.15, -0.1) is 0 Å². The van der Waals surface area contributed by atoms with Crippen molar-refractivity contribution in [2.75, 3.05) is 0 Å². The van der Waals surface area contributed by atoms with Crippen molar-refractivity contribution in [3.63, 3.8) is 0 Å². The summed E-state index contributed by atoms with van der Waals surface area (Å²) in [4.78, 5) is 20.8. The van der Waals surface area contributed by atoms with Crippen molar-refractivity contribution >= 4 is 29.4 Å². The second-order valence-corrected chi connectivity index (χ2v) is 5.39. The summed E-state index contributed by atoms with van der Waals surface area (Å²) < 4.78 is 10.3. The average molecular weight is 301 g/mol. The number of ether oxygens (including phenoxy) is 2. The Hall–Kier alpha value is -2.03. The number of H-pyrrole nitrogens is 1. The SMILES string of the molecule is CC(C)(C)OC(=S)CC(OC=O)c1[nH]ncc1[N+](=O)[O-]. The van der Waals surface area contributed by atoms with Crippen LogP contribution in [0.5, 0.6) is 0 Å². The molecule has 9 heteroatoms. The first kappa shape index (κ1) is 16.0. The van der Waals surface area contributed by atoms with Crippen LogP contribution in [0.15, 0.2) is 6.20 Å². The number of hydrogen-bond acceptors (Lipinski definition) is 7. The molecule has 1 aromatic rings. The number of aromatic amines is 1. The standard InChI is InChI=1S/C11H15N3O5S/c1-11(2,3)19-9(20)4-8(18-6-15)10-7(14(16)17)5-12-13-10/h5-6,8H,4H2,1-3H3,(H,12,13). The number of nitrogens with one attached hydrogen (secondary N) is 1. The van der Waals surface area contributed by atoms with E-state index in [1.54, 1.807) is 0 Å². The van der Waals surface area contributed by atoms with Gasteiger partial charge in [0.25, 0.3) is 6.47 Å². The Labute approximate surface area is 120 Å². The van der Waals surface area contributed by atoms with Gasteiger partial charge in [0, 0.05) is 0 Å². The molecule has 20 heavy (non-hydrogen) atoms. The molecule has 0 bridgehead atoms. The van der Waals surface area contributed by atoms with Gasteiger partial charge in [0.15, 0.2) is 16.8 Å². The van der Waals surface area contributed by atoms with Gasteiger partial charge in [0.2, 0.25) is 0 Å². The Morgan fingerprint density at radius 3 is 2.80 bits per heavy atom. The number of thiocarbonyl (C=S) groups is 1. The Morgan fingerprint density at radius 1 is 1.65 bits per heavy atom. The first-order valence-electron chi connectivity index (χ1n) is 5.73. The van der Waals surface area contributed by atoms with E-state index >= 15 is 0 Å². The minimum Gasteiger partial charge on any atom is -0.481 e. The number of hydrogen-bond donors (Lipinski definition) is 1. The first-order chi connectivity index (χ1) is 9.24. The lowest BCUT2D eigenvalue weighted by Gasteiger charge is -2.23. The van der Waals surface area contributed by atoms with Crippen LogP contribution in [0.25, 0.3) is 0 Å². The molecule has 1 N–H and O–H groups in total. The predicted octanol–water partition coefficient (Wildman–Crippen LogP) is 2.06. The molecule has 0 aliphatic heterocycles. The maximum absolute atomic E-state index is 10.8. The minimum absolute atomic E-state index is 0.0222. The van der Waals surface area contributed by atoms with E-state index in [-0.39, 0.29) is 29.3 Å². The van der Waals surface area contributed by atoms with Crippen molar-refractivity contribution in [1.29, 1.82) is 0 Å². The lowest BCUT2D eigenvalue weighted by atomic mass is 10.1. The highest BCUT2D eigenvalue weighted by atomic mass is 32.1. The smallest absolute Gasteiger partial charge is 0.313 e. The molecule has 0 saturated heterocycles. The topological polar surface area (TPSA) is 107 Å². The van der Waals surface area contributed by atoms with Crippen LogP contribution in [0.2, 0.25) is 0 Å². The molecule has 0 amide bonds. The quantitative estimate of drug-likeness (QED) is 0.371. The molecule has 1 heterocycles. The van der Waals surface area contributed by atoms with Crippen LogP contribution < -0.4 is 0 Å². The summed E-state index contributed by atoms with van der Waals surface area (Å²) in [6.45, 7) is 5.64. The largest absolute Gasteiger partial charge is 0.481 e. The molecule has 0 spiro atoms. The number of nitro groups is 1. The Balaban J connectivity index is 2.89. The van der Waals surface area contributed by atoms with E-state index in [0.717, 1.165) is 6.20 Å². The van der Waals surface area contributed by atoms with Crippen LogP contribution >= 0.6 is 12.2 Å². The number of aromatic nitrogens is 2. The molecule has 1 rings (SSSR count). The van der Waals surface area contributed by atoms with Crippen LogP contribution in [0.3, 0.4) is 0 Å². The summed E-state index contributed by atoms with van der Waals surface area (Å²) in [6, 6.07) is 0. The molecule has 1 atom stereocenters. The normalized spacial score (nSPS) is 12.6. The molecule has 110 valence electrons. The van der Waals surface area contributed by atoms with E-state index in [1.165, 1.54) is 0 Å². The zero-order chi connectivity index (χ0) is 15.3. The second-order valence-electron chi connectivity index (χ2n) is 4.94. The summed E-state index contributed by atoms with van der Waals surface area (Å²) >= 11 is 5.05. The minimum atomic E-state index is -0.940. The van der Waals surface area contributed by atoms with Gasteiger partial charge in [0.05, 0.1) is 11.3 Å².